The van der Waals surface area contributed by atoms with Crippen molar-refractivity contribution in [1.29, 1.82) is 0 Å². The summed E-state index contributed by atoms with van der Waals surface area (Å²) < 4.78 is 41.0. The summed E-state index contributed by atoms with van der Waals surface area (Å²) in [6.07, 6.45) is 0.902. The van der Waals surface area contributed by atoms with Crippen molar-refractivity contribution in [2.75, 3.05) is 31.7 Å². The molecular formula is C27H32FN5O2S. The fourth-order valence-corrected chi connectivity index (χ4v) is 4.65. The monoisotopic (exact) mass is 509 g/mol. The summed E-state index contributed by atoms with van der Waals surface area (Å²) in [7, 11) is -0.690. The molecule has 0 fully saturated rings. The van der Waals surface area contributed by atoms with Crippen LogP contribution < -0.4 is 16.4 Å². The Morgan fingerprint density at radius 3 is 2.44 bits per heavy atom. The number of anilines is 2. The van der Waals surface area contributed by atoms with Crippen molar-refractivity contribution in [3.63, 3.8) is 0 Å². The lowest BCUT2D eigenvalue weighted by Crippen LogP contribution is -2.25. The molecule has 0 aliphatic rings. The third-order valence-electron chi connectivity index (χ3n) is 5.50. The number of nitrogens with one attached hydrogen (secondary N) is 2. The maximum atomic E-state index is 14.1. The second-order valence-corrected chi connectivity index (χ2v) is 10.5. The molecule has 0 bridgehead atoms. The molecule has 0 aliphatic carbocycles. The van der Waals surface area contributed by atoms with Crippen LogP contribution in [0.15, 0.2) is 83.2 Å². The second-order valence-electron chi connectivity index (χ2n) is 8.37. The van der Waals surface area contributed by atoms with Crippen LogP contribution in [-0.2, 0) is 16.6 Å². The van der Waals surface area contributed by atoms with Crippen molar-refractivity contribution in [3.8, 4) is 0 Å². The van der Waals surface area contributed by atoms with E-state index < -0.39 is 15.8 Å². The SMILES string of the molecule is C=C(NC(=NCc1ccccc1S(=O)(=O)N(C)C)c1ccccc1N)c1cc(F)ccc1NCCC. The average molecular weight is 510 g/mol. The van der Waals surface area contributed by atoms with Gasteiger partial charge in [0.2, 0.25) is 10.0 Å². The molecular weight excluding hydrogens is 477 g/mol. The minimum Gasteiger partial charge on any atom is -0.398 e. The number of rotatable bonds is 10. The lowest BCUT2D eigenvalue weighted by Gasteiger charge is -2.18. The van der Waals surface area contributed by atoms with Crippen LogP contribution in [0.25, 0.3) is 5.70 Å². The van der Waals surface area contributed by atoms with Crippen molar-refractivity contribution in [2.45, 2.75) is 24.8 Å². The van der Waals surface area contributed by atoms with Crippen LogP contribution in [0.4, 0.5) is 15.8 Å². The van der Waals surface area contributed by atoms with Crippen LogP contribution in [0.2, 0.25) is 0 Å². The van der Waals surface area contributed by atoms with Crippen LogP contribution in [0.1, 0.15) is 30.0 Å². The Kier molecular flexibility index (Phi) is 8.84. The van der Waals surface area contributed by atoms with E-state index in [1.165, 1.54) is 30.5 Å². The highest BCUT2D eigenvalue weighted by atomic mass is 32.2. The van der Waals surface area contributed by atoms with Gasteiger partial charge < -0.3 is 16.4 Å². The van der Waals surface area contributed by atoms with Gasteiger partial charge >= 0.3 is 0 Å². The van der Waals surface area contributed by atoms with Crippen LogP contribution in [0, 0.1) is 5.82 Å². The Labute approximate surface area is 212 Å². The van der Waals surface area contributed by atoms with Crippen molar-refractivity contribution >= 4 is 32.9 Å². The number of hydrogen-bond acceptors (Lipinski definition) is 5. The molecule has 0 saturated heterocycles. The summed E-state index contributed by atoms with van der Waals surface area (Å²) in [4.78, 5) is 4.88. The molecule has 7 nitrogen and oxygen atoms in total. The quantitative estimate of drug-likeness (QED) is 0.209. The number of halogens is 1. The lowest BCUT2D eigenvalue weighted by molar-refractivity contribution is 0.519. The molecule has 3 rings (SSSR count). The van der Waals surface area contributed by atoms with Gasteiger partial charge in [0.25, 0.3) is 0 Å². The third-order valence-corrected chi connectivity index (χ3v) is 7.41. The van der Waals surface area contributed by atoms with Crippen LogP contribution in [0.5, 0.6) is 0 Å². The summed E-state index contributed by atoms with van der Waals surface area (Å²) >= 11 is 0. The van der Waals surface area contributed by atoms with Gasteiger partial charge in [-0.25, -0.2) is 17.1 Å². The van der Waals surface area contributed by atoms with Crippen LogP contribution in [0.3, 0.4) is 0 Å². The van der Waals surface area contributed by atoms with E-state index in [4.69, 9.17) is 10.7 Å². The van der Waals surface area contributed by atoms with Crippen molar-refractivity contribution in [3.05, 3.63) is 95.8 Å². The highest BCUT2D eigenvalue weighted by Crippen LogP contribution is 2.25. The van der Waals surface area contributed by atoms with Gasteiger partial charge in [0, 0.05) is 48.8 Å². The van der Waals surface area contributed by atoms with Crippen molar-refractivity contribution in [2.24, 2.45) is 4.99 Å². The van der Waals surface area contributed by atoms with Gasteiger partial charge in [-0.2, -0.15) is 0 Å². The first-order valence-electron chi connectivity index (χ1n) is 11.5. The first-order chi connectivity index (χ1) is 17.1. The van der Waals surface area contributed by atoms with Gasteiger partial charge in [0.05, 0.1) is 11.4 Å². The lowest BCUT2D eigenvalue weighted by atomic mass is 10.1. The number of para-hydroxylation sites is 1. The molecule has 0 aliphatic heterocycles. The molecule has 0 atom stereocenters. The molecule has 4 N–H and O–H groups in total. The Balaban J connectivity index is 2.02. The largest absolute Gasteiger partial charge is 0.398 e. The summed E-state index contributed by atoms with van der Waals surface area (Å²) in [6.45, 7) is 6.95. The molecule has 0 radical (unpaired) electrons. The van der Waals surface area contributed by atoms with Crippen LogP contribution in [-0.4, -0.2) is 39.2 Å². The molecule has 3 aromatic rings. The Morgan fingerprint density at radius 2 is 1.75 bits per heavy atom. The van der Waals surface area contributed by atoms with Gasteiger partial charge in [-0.05, 0) is 48.4 Å². The van der Waals surface area contributed by atoms with Gasteiger partial charge in [0.15, 0.2) is 0 Å². The Bertz CT molecular complexity index is 1370. The summed E-state index contributed by atoms with van der Waals surface area (Å²) in [5.74, 6) is -0.00334. The first kappa shape index (κ1) is 26.9. The summed E-state index contributed by atoms with van der Waals surface area (Å²) in [6, 6.07) is 18.4. The molecule has 0 unspecified atom stereocenters. The minimum absolute atomic E-state index is 0.0667. The van der Waals surface area contributed by atoms with Crippen LogP contribution >= 0.6 is 0 Å². The summed E-state index contributed by atoms with van der Waals surface area (Å²) in [5, 5.41) is 6.48. The highest BCUT2D eigenvalue weighted by molar-refractivity contribution is 7.89. The number of hydrogen-bond donors (Lipinski definition) is 3. The van der Waals surface area contributed by atoms with Gasteiger partial charge in [-0.3, -0.25) is 4.99 Å². The topological polar surface area (TPSA) is 99.8 Å². The third kappa shape index (κ3) is 6.30. The molecule has 0 saturated carbocycles. The van der Waals surface area contributed by atoms with Gasteiger partial charge in [-0.1, -0.05) is 43.8 Å². The van der Waals surface area contributed by atoms with E-state index in [1.54, 1.807) is 42.5 Å². The zero-order valence-electron chi connectivity index (χ0n) is 20.8. The van der Waals surface area contributed by atoms with Crippen molar-refractivity contribution in [1.82, 2.24) is 9.62 Å². The van der Waals surface area contributed by atoms with E-state index in [-0.39, 0.29) is 11.4 Å². The molecule has 3 aromatic carbocycles. The Morgan fingerprint density at radius 1 is 1.06 bits per heavy atom. The van der Waals surface area contributed by atoms with E-state index in [2.05, 4.69) is 17.2 Å². The minimum atomic E-state index is -3.66. The standard InChI is InChI=1S/C27H32FN5O2S/c1-5-16-30-25-15-14-21(28)17-23(25)19(2)32-27(22-11-7-8-12-24(22)29)31-18-20-10-6-9-13-26(20)36(34,35)33(3)4/h6-15,17,30H,2,5,16,18,29H2,1,3-4H3,(H,31,32). The number of aliphatic imine (C=N–C) groups is 1. The zero-order valence-corrected chi connectivity index (χ0v) is 21.6. The molecule has 0 spiro atoms. The average Bonchev–Trinajstić information content (AvgIpc) is 2.86. The number of benzene rings is 3. The van der Waals surface area contributed by atoms with E-state index in [9.17, 15) is 12.8 Å². The van der Waals surface area contributed by atoms with Gasteiger partial charge in [0.1, 0.15) is 11.7 Å². The zero-order chi connectivity index (χ0) is 26.3. The molecule has 36 heavy (non-hydrogen) atoms. The fourth-order valence-electron chi connectivity index (χ4n) is 3.54. The Hall–Kier alpha value is -3.69. The molecule has 190 valence electrons. The maximum absolute atomic E-state index is 14.1. The smallest absolute Gasteiger partial charge is 0.242 e. The number of sulfonamides is 1. The molecule has 0 aromatic heterocycles. The van der Waals surface area contributed by atoms with E-state index in [0.717, 1.165) is 18.7 Å². The first-order valence-corrected chi connectivity index (χ1v) is 13.0. The maximum Gasteiger partial charge on any atom is 0.242 e. The molecule has 0 heterocycles. The number of nitrogens with zero attached hydrogens (tertiary/aromatic N) is 2. The highest BCUT2D eigenvalue weighted by Gasteiger charge is 2.21. The number of nitrogens with two attached hydrogens (primary N) is 1. The second kappa shape index (κ2) is 11.8. The summed E-state index contributed by atoms with van der Waals surface area (Å²) in [5.41, 5.74) is 9.58. The van der Waals surface area contributed by atoms with Gasteiger partial charge in [-0.15, -0.1) is 0 Å². The van der Waals surface area contributed by atoms with E-state index >= 15 is 0 Å². The number of nitrogen functional groups attached to an aromatic ring is 1. The number of amidine groups is 1. The predicted molar refractivity (Wildman–Crippen MR) is 146 cm³/mol. The normalized spacial score (nSPS) is 12.0. The predicted octanol–water partition coefficient (Wildman–Crippen LogP) is 4.69. The fraction of sp³-hybridized carbons (Fsp3) is 0.222. The molecule has 9 heteroatoms. The van der Waals surface area contributed by atoms with E-state index in [0.29, 0.717) is 33.9 Å². The molecule has 0 amide bonds. The van der Waals surface area contributed by atoms with Crippen molar-refractivity contribution < 1.29 is 12.8 Å². The van der Waals surface area contributed by atoms with E-state index in [1.807, 2.05) is 19.1 Å².